The minimum Gasteiger partial charge on any atom is -0.241 e. The molecule has 0 unspecified atom stereocenters. The first kappa shape index (κ1) is 14.2. The average molecular weight is 310 g/mol. The van der Waals surface area contributed by atoms with Crippen molar-refractivity contribution in [2.45, 2.75) is 0 Å². The van der Waals surface area contributed by atoms with E-state index in [1.54, 1.807) is 28.9 Å². The zero-order valence-corrected chi connectivity index (χ0v) is 12.5. The maximum atomic E-state index is 12.9. The zero-order chi connectivity index (χ0) is 15.5. The molecule has 0 aliphatic heterocycles. The van der Waals surface area contributed by atoms with Crippen LogP contribution in [-0.4, -0.2) is 9.78 Å². The number of rotatable bonds is 2. The average Bonchev–Trinajstić information content (AvgIpc) is 2.91. The summed E-state index contributed by atoms with van der Waals surface area (Å²) in [6.07, 6.45) is 0. The first-order chi connectivity index (χ1) is 10.7. The number of hydrogen-bond donors (Lipinski definition) is 0. The Hall–Kier alpha value is -2.78. The maximum Gasteiger partial charge on any atom is 0.208 e. The summed E-state index contributed by atoms with van der Waals surface area (Å²) in [7, 11) is 1.81. The van der Waals surface area contributed by atoms with Crippen LogP contribution in [0.5, 0.6) is 0 Å². The van der Waals surface area contributed by atoms with Crippen molar-refractivity contribution in [3.8, 4) is 16.6 Å². The lowest BCUT2D eigenvalue weighted by molar-refractivity contribution is 0.628. The standard InChI is InChI=1S/C16H11FN4S/c1-21-16(19-14-8-6-13(17)7-9-14)22-15(20-21)12-4-2-11(10-18)3-5-12/h2-9H,1H3. The monoisotopic (exact) mass is 310 g/mol. The van der Waals surface area contributed by atoms with Crippen LogP contribution in [0, 0.1) is 17.1 Å². The van der Waals surface area contributed by atoms with Gasteiger partial charge in [0.25, 0.3) is 0 Å². The summed E-state index contributed by atoms with van der Waals surface area (Å²) >= 11 is 1.43. The minimum absolute atomic E-state index is 0.286. The molecule has 0 fully saturated rings. The fourth-order valence-electron chi connectivity index (χ4n) is 1.88. The van der Waals surface area contributed by atoms with E-state index in [1.165, 1.54) is 23.5 Å². The molecule has 6 heteroatoms. The van der Waals surface area contributed by atoms with Gasteiger partial charge in [0.15, 0.2) is 0 Å². The second-order valence-corrected chi connectivity index (χ2v) is 5.55. The number of aromatic nitrogens is 2. The van der Waals surface area contributed by atoms with Gasteiger partial charge in [-0.2, -0.15) is 10.4 Å². The summed E-state index contributed by atoms with van der Waals surface area (Å²) in [5, 5.41) is 14.1. The molecule has 2 aromatic carbocycles. The molecule has 0 atom stereocenters. The molecule has 0 aliphatic rings. The smallest absolute Gasteiger partial charge is 0.208 e. The van der Waals surface area contributed by atoms with Gasteiger partial charge in [0.2, 0.25) is 4.80 Å². The van der Waals surface area contributed by atoms with Gasteiger partial charge < -0.3 is 0 Å². The summed E-state index contributed by atoms with van der Waals surface area (Å²) in [6, 6.07) is 15.3. The summed E-state index contributed by atoms with van der Waals surface area (Å²) in [6.45, 7) is 0. The SMILES string of the molecule is Cn1nc(-c2ccc(C#N)cc2)sc1=Nc1ccc(F)cc1. The van der Waals surface area contributed by atoms with Crippen LogP contribution in [0.2, 0.25) is 0 Å². The molecule has 0 aliphatic carbocycles. The molecule has 22 heavy (non-hydrogen) atoms. The molecular weight excluding hydrogens is 299 g/mol. The van der Waals surface area contributed by atoms with Gasteiger partial charge in [-0.3, -0.25) is 0 Å². The van der Waals surface area contributed by atoms with Crippen molar-refractivity contribution >= 4 is 17.0 Å². The Labute approximate surface area is 130 Å². The van der Waals surface area contributed by atoms with Crippen LogP contribution in [0.3, 0.4) is 0 Å². The molecule has 0 saturated heterocycles. The van der Waals surface area contributed by atoms with Crippen LogP contribution in [0.1, 0.15) is 5.56 Å². The lowest BCUT2D eigenvalue weighted by Crippen LogP contribution is -2.10. The van der Waals surface area contributed by atoms with E-state index < -0.39 is 0 Å². The first-order valence-electron chi connectivity index (χ1n) is 6.51. The Morgan fingerprint density at radius 3 is 2.45 bits per heavy atom. The summed E-state index contributed by atoms with van der Waals surface area (Å²) in [4.78, 5) is 5.18. The molecule has 0 saturated carbocycles. The van der Waals surface area contributed by atoms with Crippen LogP contribution in [0.15, 0.2) is 53.5 Å². The fourth-order valence-corrected chi connectivity index (χ4v) is 2.79. The quantitative estimate of drug-likeness (QED) is 0.728. The van der Waals surface area contributed by atoms with Crippen LogP contribution in [0.25, 0.3) is 10.6 Å². The lowest BCUT2D eigenvalue weighted by Gasteiger charge is -1.94. The topological polar surface area (TPSA) is 54.0 Å². The third kappa shape index (κ3) is 2.95. The fraction of sp³-hybridized carbons (Fsp3) is 0.0625. The van der Waals surface area contributed by atoms with Crippen LogP contribution in [0.4, 0.5) is 10.1 Å². The van der Waals surface area contributed by atoms with Crippen molar-refractivity contribution in [1.82, 2.24) is 9.78 Å². The molecule has 0 N–H and O–H groups in total. The van der Waals surface area contributed by atoms with Crippen LogP contribution >= 0.6 is 11.3 Å². The number of halogens is 1. The largest absolute Gasteiger partial charge is 0.241 e. The lowest BCUT2D eigenvalue weighted by atomic mass is 10.2. The van der Waals surface area contributed by atoms with E-state index in [0.29, 0.717) is 16.1 Å². The van der Waals surface area contributed by atoms with E-state index in [4.69, 9.17) is 5.26 Å². The summed E-state index contributed by atoms with van der Waals surface area (Å²) in [5.74, 6) is -0.286. The first-order valence-corrected chi connectivity index (χ1v) is 7.32. The zero-order valence-electron chi connectivity index (χ0n) is 11.7. The molecule has 0 spiro atoms. The third-order valence-corrected chi connectivity index (χ3v) is 4.07. The minimum atomic E-state index is -0.286. The van der Waals surface area contributed by atoms with Gasteiger partial charge in [0.05, 0.1) is 17.3 Å². The van der Waals surface area contributed by atoms with Gasteiger partial charge in [-0.15, -0.1) is 0 Å². The highest BCUT2D eigenvalue weighted by Gasteiger charge is 2.05. The van der Waals surface area contributed by atoms with E-state index in [0.717, 1.165) is 10.6 Å². The molecule has 0 radical (unpaired) electrons. The van der Waals surface area contributed by atoms with Crippen molar-refractivity contribution < 1.29 is 4.39 Å². The highest BCUT2D eigenvalue weighted by molar-refractivity contribution is 7.12. The van der Waals surface area contributed by atoms with Gasteiger partial charge in [0, 0.05) is 12.6 Å². The number of benzene rings is 2. The van der Waals surface area contributed by atoms with E-state index in [2.05, 4.69) is 16.2 Å². The number of aryl methyl sites for hydroxylation is 1. The molecule has 3 rings (SSSR count). The van der Waals surface area contributed by atoms with E-state index in [9.17, 15) is 4.39 Å². The maximum absolute atomic E-state index is 12.9. The normalized spacial score (nSPS) is 11.4. The molecule has 0 bridgehead atoms. The molecule has 3 aromatic rings. The Morgan fingerprint density at radius 2 is 1.82 bits per heavy atom. The Bertz CT molecular complexity index is 899. The van der Waals surface area contributed by atoms with E-state index >= 15 is 0 Å². The summed E-state index contributed by atoms with van der Waals surface area (Å²) in [5.41, 5.74) is 2.22. The van der Waals surface area contributed by atoms with Gasteiger partial charge in [-0.1, -0.05) is 23.5 Å². The molecule has 0 amide bonds. The Kier molecular flexibility index (Phi) is 3.81. The molecule has 4 nitrogen and oxygen atoms in total. The molecular formula is C16H11FN4S. The van der Waals surface area contributed by atoms with E-state index in [1.807, 2.05) is 19.2 Å². The van der Waals surface area contributed by atoms with Crippen molar-refractivity contribution in [3.63, 3.8) is 0 Å². The van der Waals surface area contributed by atoms with Gasteiger partial charge in [-0.25, -0.2) is 14.1 Å². The van der Waals surface area contributed by atoms with Gasteiger partial charge in [-0.05, 0) is 36.4 Å². The van der Waals surface area contributed by atoms with Crippen LogP contribution in [-0.2, 0) is 7.05 Å². The predicted octanol–water partition coefficient (Wildman–Crippen LogP) is 3.39. The number of nitrogens with zero attached hydrogens (tertiary/aromatic N) is 4. The Balaban J connectivity index is 1.99. The van der Waals surface area contributed by atoms with Crippen molar-refractivity contribution in [3.05, 3.63) is 64.7 Å². The Morgan fingerprint density at radius 1 is 1.14 bits per heavy atom. The number of hydrogen-bond acceptors (Lipinski definition) is 4. The highest BCUT2D eigenvalue weighted by atomic mass is 32.1. The van der Waals surface area contributed by atoms with Crippen molar-refractivity contribution in [1.29, 1.82) is 5.26 Å². The molecule has 108 valence electrons. The van der Waals surface area contributed by atoms with Crippen molar-refractivity contribution in [2.24, 2.45) is 12.0 Å². The third-order valence-electron chi connectivity index (χ3n) is 3.02. The highest BCUT2D eigenvalue weighted by Crippen LogP contribution is 2.20. The number of nitriles is 1. The predicted molar refractivity (Wildman–Crippen MR) is 82.9 cm³/mol. The molecule has 1 heterocycles. The second kappa shape index (κ2) is 5.92. The van der Waals surface area contributed by atoms with Crippen molar-refractivity contribution in [2.75, 3.05) is 0 Å². The van der Waals surface area contributed by atoms with Crippen LogP contribution < -0.4 is 4.80 Å². The van der Waals surface area contributed by atoms with E-state index in [-0.39, 0.29) is 5.82 Å². The van der Waals surface area contributed by atoms with Gasteiger partial charge in [0.1, 0.15) is 10.8 Å². The second-order valence-electron chi connectivity index (χ2n) is 4.59. The molecule has 1 aromatic heterocycles. The van der Waals surface area contributed by atoms with Gasteiger partial charge >= 0.3 is 0 Å². The summed E-state index contributed by atoms with van der Waals surface area (Å²) < 4.78 is 14.6.